The van der Waals surface area contributed by atoms with Gasteiger partial charge in [0.25, 0.3) is 0 Å². The summed E-state index contributed by atoms with van der Waals surface area (Å²) in [6.07, 6.45) is 5.86. The lowest BCUT2D eigenvalue weighted by molar-refractivity contribution is 0.209. The summed E-state index contributed by atoms with van der Waals surface area (Å²) in [5.74, 6) is 1.10. The SMILES string of the molecule is CN1CCC(CCc2ccc(CNc3ccc4c(OC(N)=O)nccc4c3)cc2)CC1. The van der Waals surface area contributed by atoms with Gasteiger partial charge in [0.1, 0.15) is 0 Å². The number of pyridine rings is 1. The van der Waals surface area contributed by atoms with Gasteiger partial charge in [-0.05, 0) is 92.5 Å². The number of fused-ring (bicyclic) bond motifs is 1. The first kappa shape index (κ1) is 21.1. The van der Waals surface area contributed by atoms with E-state index in [9.17, 15) is 4.79 Å². The first-order chi connectivity index (χ1) is 15.1. The Balaban J connectivity index is 1.31. The number of ether oxygens (including phenoxy) is 1. The van der Waals surface area contributed by atoms with Gasteiger partial charge in [-0.15, -0.1) is 0 Å². The van der Waals surface area contributed by atoms with Crippen LogP contribution in [0.3, 0.4) is 0 Å². The van der Waals surface area contributed by atoms with Crippen molar-refractivity contribution in [3.63, 3.8) is 0 Å². The van der Waals surface area contributed by atoms with Crippen molar-refractivity contribution < 1.29 is 9.53 Å². The molecule has 3 aromatic rings. The fourth-order valence-electron chi connectivity index (χ4n) is 4.19. The topological polar surface area (TPSA) is 80.5 Å². The Morgan fingerprint density at radius 1 is 1.13 bits per heavy atom. The molecule has 2 aromatic carbocycles. The Morgan fingerprint density at radius 2 is 1.87 bits per heavy atom. The Hall–Kier alpha value is -3.12. The molecular formula is C25H30N4O2. The van der Waals surface area contributed by atoms with Gasteiger partial charge in [0.15, 0.2) is 0 Å². The second-order valence-corrected chi connectivity index (χ2v) is 8.43. The van der Waals surface area contributed by atoms with Crippen molar-refractivity contribution in [2.45, 2.75) is 32.2 Å². The molecule has 1 aromatic heterocycles. The van der Waals surface area contributed by atoms with Crippen molar-refractivity contribution in [3.8, 4) is 5.88 Å². The maximum absolute atomic E-state index is 11.0. The quantitative estimate of drug-likeness (QED) is 0.587. The fraction of sp³-hybridized carbons (Fsp3) is 0.360. The van der Waals surface area contributed by atoms with Crippen LogP contribution >= 0.6 is 0 Å². The molecule has 0 unspecified atom stereocenters. The molecule has 1 aliphatic rings. The molecule has 6 heteroatoms. The molecule has 1 aliphatic heterocycles. The zero-order chi connectivity index (χ0) is 21.6. The van der Waals surface area contributed by atoms with Gasteiger partial charge < -0.3 is 20.7 Å². The zero-order valence-corrected chi connectivity index (χ0v) is 18.0. The highest BCUT2D eigenvalue weighted by atomic mass is 16.6. The molecule has 6 nitrogen and oxygen atoms in total. The van der Waals surface area contributed by atoms with Gasteiger partial charge in [-0.1, -0.05) is 24.3 Å². The number of nitrogens with one attached hydrogen (secondary N) is 1. The van der Waals surface area contributed by atoms with Gasteiger partial charge in [0.2, 0.25) is 5.88 Å². The maximum atomic E-state index is 11.0. The number of nitrogens with two attached hydrogens (primary N) is 1. The number of primary amides is 1. The normalized spacial score (nSPS) is 15.1. The van der Waals surface area contributed by atoms with E-state index < -0.39 is 6.09 Å². The molecule has 0 atom stereocenters. The molecule has 0 bridgehead atoms. The predicted molar refractivity (Wildman–Crippen MR) is 124 cm³/mol. The van der Waals surface area contributed by atoms with Crippen LogP contribution < -0.4 is 15.8 Å². The average molecular weight is 419 g/mol. The minimum absolute atomic E-state index is 0.229. The lowest BCUT2D eigenvalue weighted by atomic mass is 9.90. The van der Waals surface area contributed by atoms with Gasteiger partial charge in [-0.2, -0.15) is 0 Å². The molecule has 0 radical (unpaired) electrons. The van der Waals surface area contributed by atoms with E-state index in [-0.39, 0.29) is 5.88 Å². The lowest BCUT2D eigenvalue weighted by Gasteiger charge is -2.28. The van der Waals surface area contributed by atoms with Crippen molar-refractivity contribution in [1.29, 1.82) is 0 Å². The number of likely N-dealkylation sites (tertiary alicyclic amines) is 1. The maximum Gasteiger partial charge on any atom is 0.411 e. The number of carbonyl (C=O) groups excluding carboxylic acids is 1. The number of nitrogens with zero attached hydrogens (tertiary/aromatic N) is 2. The van der Waals surface area contributed by atoms with Crippen LogP contribution in [0.1, 0.15) is 30.4 Å². The predicted octanol–water partition coefficient (Wildman–Crippen LogP) is 4.58. The molecule has 3 N–H and O–H groups in total. The van der Waals surface area contributed by atoms with Gasteiger partial charge in [-0.25, -0.2) is 9.78 Å². The molecule has 0 aliphatic carbocycles. The molecule has 2 heterocycles. The average Bonchev–Trinajstić information content (AvgIpc) is 2.78. The van der Waals surface area contributed by atoms with Crippen LogP contribution in [-0.4, -0.2) is 36.1 Å². The molecule has 1 amide bonds. The molecule has 1 saturated heterocycles. The second kappa shape index (κ2) is 9.79. The number of carbonyl (C=O) groups is 1. The number of aryl methyl sites for hydroxylation is 1. The highest BCUT2D eigenvalue weighted by Gasteiger charge is 2.16. The molecule has 1 fully saturated rings. The number of hydrogen-bond donors (Lipinski definition) is 2. The molecule has 162 valence electrons. The van der Waals surface area contributed by atoms with Gasteiger partial charge in [0, 0.05) is 23.8 Å². The van der Waals surface area contributed by atoms with Gasteiger partial charge >= 0.3 is 6.09 Å². The number of hydrogen-bond acceptors (Lipinski definition) is 5. The van der Waals surface area contributed by atoms with Crippen molar-refractivity contribution in [3.05, 3.63) is 65.9 Å². The number of amides is 1. The van der Waals surface area contributed by atoms with Crippen molar-refractivity contribution >= 4 is 22.6 Å². The molecule has 31 heavy (non-hydrogen) atoms. The van der Waals surface area contributed by atoms with Crippen LogP contribution in [0.15, 0.2) is 54.7 Å². The highest BCUT2D eigenvalue weighted by Crippen LogP contribution is 2.26. The van der Waals surface area contributed by atoms with Crippen LogP contribution in [0.4, 0.5) is 10.5 Å². The summed E-state index contributed by atoms with van der Waals surface area (Å²) in [6, 6.07) is 16.7. The third-order valence-electron chi connectivity index (χ3n) is 6.12. The number of anilines is 1. The molecular weight excluding hydrogens is 388 g/mol. The number of rotatable bonds is 7. The van der Waals surface area contributed by atoms with Crippen LogP contribution in [0.2, 0.25) is 0 Å². The summed E-state index contributed by atoms with van der Waals surface area (Å²) in [7, 11) is 2.22. The highest BCUT2D eigenvalue weighted by molar-refractivity contribution is 5.90. The zero-order valence-electron chi connectivity index (χ0n) is 18.0. The molecule has 0 spiro atoms. The van der Waals surface area contributed by atoms with Crippen molar-refractivity contribution in [2.24, 2.45) is 11.7 Å². The van der Waals surface area contributed by atoms with Crippen molar-refractivity contribution in [2.75, 3.05) is 25.5 Å². The van der Waals surface area contributed by atoms with Crippen LogP contribution in [0, 0.1) is 5.92 Å². The lowest BCUT2D eigenvalue weighted by Crippen LogP contribution is -2.30. The van der Waals surface area contributed by atoms with Crippen LogP contribution in [0.25, 0.3) is 10.8 Å². The van der Waals surface area contributed by atoms with Crippen molar-refractivity contribution in [1.82, 2.24) is 9.88 Å². The Bertz CT molecular complexity index is 1030. The smallest absolute Gasteiger partial charge is 0.391 e. The summed E-state index contributed by atoms with van der Waals surface area (Å²) in [5, 5.41) is 5.14. The second-order valence-electron chi connectivity index (χ2n) is 8.43. The van der Waals surface area contributed by atoms with E-state index in [1.807, 2.05) is 24.3 Å². The monoisotopic (exact) mass is 418 g/mol. The summed E-state index contributed by atoms with van der Waals surface area (Å²) in [6.45, 7) is 3.22. The van der Waals surface area contributed by atoms with E-state index in [4.69, 9.17) is 10.5 Å². The van der Waals surface area contributed by atoms with E-state index in [0.29, 0.717) is 0 Å². The number of aromatic nitrogens is 1. The first-order valence-electron chi connectivity index (χ1n) is 10.9. The third kappa shape index (κ3) is 5.73. The number of piperidine rings is 1. The summed E-state index contributed by atoms with van der Waals surface area (Å²) in [5.41, 5.74) is 8.78. The largest absolute Gasteiger partial charge is 0.411 e. The van der Waals surface area contributed by atoms with E-state index in [0.717, 1.165) is 35.3 Å². The molecule has 0 saturated carbocycles. The Morgan fingerprint density at radius 3 is 2.61 bits per heavy atom. The Labute approximate surface area is 183 Å². The van der Waals surface area contributed by atoms with Crippen LogP contribution in [-0.2, 0) is 13.0 Å². The summed E-state index contributed by atoms with van der Waals surface area (Å²) >= 11 is 0. The van der Waals surface area contributed by atoms with Gasteiger partial charge in [-0.3, -0.25) is 0 Å². The van der Waals surface area contributed by atoms with Gasteiger partial charge in [0.05, 0.1) is 0 Å². The standard InChI is InChI=1S/C25H30N4O2/c1-29-14-11-19(12-15-29)3-2-18-4-6-20(7-5-18)17-28-22-8-9-23-21(16-22)10-13-27-24(23)31-25(26)30/h4-10,13,16,19,28H,2-3,11-12,14-15,17H2,1H3,(H2,26,30). The summed E-state index contributed by atoms with van der Waals surface area (Å²) < 4.78 is 4.98. The first-order valence-corrected chi connectivity index (χ1v) is 10.9. The van der Waals surface area contributed by atoms with Crippen LogP contribution in [0.5, 0.6) is 5.88 Å². The van der Waals surface area contributed by atoms with E-state index in [1.54, 1.807) is 6.20 Å². The molecule has 4 rings (SSSR count). The van der Waals surface area contributed by atoms with E-state index in [2.05, 4.69) is 46.5 Å². The van der Waals surface area contributed by atoms with E-state index in [1.165, 1.54) is 43.5 Å². The number of benzene rings is 2. The fourth-order valence-corrected chi connectivity index (χ4v) is 4.19. The Kier molecular flexibility index (Phi) is 6.67. The minimum atomic E-state index is -0.864. The third-order valence-corrected chi connectivity index (χ3v) is 6.12. The minimum Gasteiger partial charge on any atom is -0.391 e. The van der Waals surface area contributed by atoms with E-state index >= 15 is 0 Å². The summed E-state index contributed by atoms with van der Waals surface area (Å²) in [4.78, 5) is 17.6.